The van der Waals surface area contributed by atoms with E-state index in [0.29, 0.717) is 11.8 Å². The molecular formula is C78H50N2O2. The lowest BCUT2D eigenvalue weighted by Gasteiger charge is -2.19. The number of hydrogen-bond donors (Lipinski definition) is 0. The Morgan fingerprint density at radius 1 is 0.195 bits per heavy atom. The normalized spacial score (nSPS) is 11.4. The summed E-state index contributed by atoms with van der Waals surface area (Å²) in [6, 6.07) is 107. The summed E-state index contributed by atoms with van der Waals surface area (Å²) in [6.07, 6.45) is 0. The molecule has 0 aliphatic rings. The predicted octanol–water partition coefficient (Wildman–Crippen LogP) is 21.6. The SMILES string of the molecule is c1ccc(-c2cccc(-c3c4ccccc4c(-c4ccc(-c5nc6ccccc6o5)cc4)c4ccccc34)c2)cc1.c1ccc(-c2ccccc2-c2c3ccccc3c(-c3ccc(-c4nc5ccccc5o4)cc3)c3ccccc23)cc1. The first-order chi connectivity index (χ1) is 40.7. The van der Waals surface area contributed by atoms with Gasteiger partial charge in [0.05, 0.1) is 0 Å². The van der Waals surface area contributed by atoms with Gasteiger partial charge < -0.3 is 8.83 Å². The average Bonchev–Trinajstić information content (AvgIpc) is 3.18. The van der Waals surface area contributed by atoms with Crippen LogP contribution in [0, 0.1) is 0 Å². The standard InChI is InChI=1S/2C39H25NO/c1-2-11-26(12-3-1)29-13-10-14-30(25-29)38-33-17-6-4-15-31(33)37(32-16-5-7-18-34(32)38)27-21-23-28(24-22-27)39-40-35-19-8-9-20-36(35)41-39;1-2-12-26(13-3-1)29-14-4-5-15-30(29)38-33-18-8-6-16-31(33)37(32-17-7-9-19-34(32)38)27-22-24-28(25-23-27)39-40-35-20-10-11-21-36(35)41-39/h2*1-25H. The fourth-order valence-electron chi connectivity index (χ4n) is 12.1. The van der Waals surface area contributed by atoms with Crippen LogP contribution in [0.4, 0.5) is 0 Å². The van der Waals surface area contributed by atoms with E-state index in [2.05, 4.69) is 255 Å². The summed E-state index contributed by atoms with van der Waals surface area (Å²) in [5.74, 6) is 1.28. The molecule has 16 aromatic rings. The number of oxazole rings is 2. The van der Waals surface area contributed by atoms with Crippen molar-refractivity contribution in [2.45, 2.75) is 0 Å². The van der Waals surface area contributed by atoms with Gasteiger partial charge >= 0.3 is 0 Å². The van der Waals surface area contributed by atoms with Gasteiger partial charge in [-0.15, -0.1) is 0 Å². The predicted molar refractivity (Wildman–Crippen MR) is 342 cm³/mol. The van der Waals surface area contributed by atoms with Gasteiger partial charge in [0.2, 0.25) is 11.8 Å². The van der Waals surface area contributed by atoms with Crippen LogP contribution >= 0.6 is 0 Å². The molecule has 82 heavy (non-hydrogen) atoms. The molecule has 0 aliphatic heterocycles. The summed E-state index contributed by atoms with van der Waals surface area (Å²) in [5, 5.41) is 9.92. The van der Waals surface area contributed by atoms with Gasteiger partial charge in [0.25, 0.3) is 0 Å². The van der Waals surface area contributed by atoms with Gasteiger partial charge in [-0.2, -0.15) is 0 Å². The van der Waals surface area contributed by atoms with Crippen molar-refractivity contribution in [1.82, 2.24) is 9.97 Å². The van der Waals surface area contributed by atoms with Gasteiger partial charge in [-0.1, -0.05) is 249 Å². The molecule has 2 heterocycles. The summed E-state index contributed by atoms with van der Waals surface area (Å²) in [5.41, 5.74) is 20.0. The van der Waals surface area contributed by atoms with E-state index >= 15 is 0 Å². The highest BCUT2D eigenvalue weighted by Gasteiger charge is 2.21. The first-order valence-electron chi connectivity index (χ1n) is 27.8. The maximum Gasteiger partial charge on any atom is 0.227 e. The molecule has 0 unspecified atom stereocenters. The van der Waals surface area contributed by atoms with Crippen molar-refractivity contribution in [2.75, 3.05) is 0 Å². The van der Waals surface area contributed by atoms with Crippen molar-refractivity contribution in [3.63, 3.8) is 0 Å². The topological polar surface area (TPSA) is 52.1 Å². The number of nitrogens with zero attached hydrogens (tertiary/aromatic N) is 2. The van der Waals surface area contributed by atoms with E-state index in [0.717, 1.165) is 33.3 Å². The molecule has 0 bridgehead atoms. The Kier molecular flexibility index (Phi) is 12.2. The molecule has 0 fully saturated rings. The van der Waals surface area contributed by atoms with Gasteiger partial charge in [0, 0.05) is 11.1 Å². The molecule has 0 radical (unpaired) electrons. The summed E-state index contributed by atoms with van der Waals surface area (Å²) < 4.78 is 12.1. The summed E-state index contributed by atoms with van der Waals surface area (Å²) in [6.45, 7) is 0. The van der Waals surface area contributed by atoms with E-state index in [1.165, 1.54) is 110 Å². The van der Waals surface area contributed by atoms with Crippen LogP contribution in [-0.4, -0.2) is 9.97 Å². The number of fused-ring (bicyclic) bond motifs is 6. The molecule has 14 aromatic carbocycles. The summed E-state index contributed by atoms with van der Waals surface area (Å²) in [7, 11) is 0. The quantitative estimate of drug-likeness (QED) is 0.142. The van der Waals surface area contributed by atoms with Gasteiger partial charge in [0.15, 0.2) is 11.2 Å². The van der Waals surface area contributed by atoms with Crippen molar-refractivity contribution < 1.29 is 8.83 Å². The van der Waals surface area contributed by atoms with Crippen molar-refractivity contribution in [2.24, 2.45) is 0 Å². The number of para-hydroxylation sites is 4. The minimum absolute atomic E-state index is 0.639. The first-order valence-corrected chi connectivity index (χ1v) is 27.8. The zero-order valence-corrected chi connectivity index (χ0v) is 44.6. The molecule has 0 saturated heterocycles. The fraction of sp³-hybridized carbons (Fsp3) is 0. The molecule has 0 spiro atoms. The molecule has 0 amide bonds. The molecule has 0 aliphatic carbocycles. The van der Waals surface area contributed by atoms with Crippen LogP contribution in [0.25, 0.3) is 155 Å². The molecule has 4 nitrogen and oxygen atoms in total. The van der Waals surface area contributed by atoms with Crippen LogP contribution < -0.4 is 0 Å². The highest BCUT2D eigenvalue weighted by atomic mass is 16.4. The number of benzene rings is 14. The Morgan fingerprint density at radius 2 is 0.512 bits per heavy atom. The van der Waals surface area contributed by atoms with Crippen molar-refractivity contribution in [3.8, 4) is 89.7 Å². The van der Waals surface area contributed by atoms with Crippen molar-refractivity contribution in [1.29, 1.82) is 0 Å². The Hall–Kier alpha value is -10.9. The largest absolute Gasteiger partial charge is 0.436 e. The third-order valence-electron chi connectivity index (χ3n) is 15.8. The molecule has 2 aromatic heterocycles. The number of aromatic nitrogens is 2. The lowest BCUT2D eigenvalue weighted by Crippen LogP contribution is -1.92. The zero-order valence-electron chi connectivity index (χ0n) is 44.6. The van der Waals surface area contributed by atoms with Crippen LogP contribution in [0.1, 0.15) is 0 Å². The van der Waals surface area contributed by atoms with E-state index in [-0.39, 0.29) is 0 Å². The highest BCUT2D eigenvalue weighted by molar-refractivity contribution is 6.23. The lowest BCUT2D eigenvalue weighted by molar-refractivity contribution is 0.619. The number of rotatable bonds is 8. The second-order valence-electron chi connectivity index (χ2n) is 20.7. The minimum atomic E-state index is 0.639. The molecule has 0 atom stereocenters. The van der Waals surface area contributed by atoms with Crippen molar-refractivity contribution >= 4 is 65.3 Å². The zero-order chi connectivity index (χ0) is 54.3. The molecule has 16 rings (SSSR count). The lowest BCUT2D eigenvalue weighted by atomic mass is 9.84. The van der Waals surface area contributed by atoms with Crippen LogP contribution in [0.2, 0.25) is 0 Å². The van der Waals surface area contributed by atoms with E-state index in [9.17, 15) is 0 Å². The molecule has 4 heteroatoms. The average molecular weight is 1050 g/mol. The van der Waals surface area contributed by atoms with E-state index < -0.39 is 0 Å². The third kappa shape index (κ3) is 8.67. The van der Waals surface area contributed by atoms with Gasteiger partial charge in [-0.25, -0.2) is 9.97 Å². The van der Waals surface area contributed by atoms with E-state index in [4.69, 9.17) is 18.8 Å². The van der Waals surface area contributed by atoms with Crippen LogP contribution in [0.15, 0.2) is 312 Å². The second kappa shape index (κ2) is 20.7. The maximum absolute atomic E-state index is 6.04. The summed E-state index contributed by atoms with van der Waals surface area (Å²) in [4.78, 5) is 9.39. The fourth-order valence-corrected chi connectivity index (χ4v) is 12.1. The summed E-state index contributed by atoms with van der Waals surface area (Å²) >= 11 is 0. The first kappa shape index (κ1) is 48.2. The monoisotopic (exact) mass is 1050 g/mol. The number of hydrogen-bond acceptors (Lipinski definition) is 4. The van der Waals surface area contributed by atoms with Gasteiger partial charge in [0.1, 0.15) is 11.0 Å². The van der Waals surface area contributed by atoms with Crippen LogP contribution in [0.5, 0.6) is 0 Å². The molecule has 0 saturated carbocycles. The van der Waals surface area contributed by atoms with Gasteiger partial charge in [-0.3, -0.25) is 0 Å². The highest BCUT2D eigenvalue weighted by Crippen LogP contribution is 2.48. The van der Waals surface area contributed by atoms with E-state index in [1.54, 1.807) is 0 Å². The van der Waals surface area contributed by atoms with E-state index in [1.807, 2.05) is 48.5 Å². The minimum Gasteiger partial charge on any atom is -0.436 e. The van der Waals surface area contributed by atoms with Crippen LogP contribution in [-0.2, 0) is 0 Å². The molecular weight excluding hydrogens is 997 g/mol. The van der Waals surface area contributed by atoms with Crippen molar-refractivity contribution in [3.05, 3.63) is 303 Å². The Morgan fingerprint density at radius 3 is 0.951 bits per heavy atom. The Labute approximate surface area is 474 Å². The third-order valence-corrected chi connectivity index (χ3v) is 15.8. The van der Waals surface area contributed by atoms with Crippen LogP contribution in [0.3, 0.4) is 0 Å². The smallest absolute Gasteiger partial charge is 0.227 e. The second-order valence-corrected chi connectivity index (χ2v) is 20.7. The Balaban J connectivity index is 0.000000140. The molecule has 0 N–H and O–H groups in total. The molecule has 384 valence electrons. The Bertz CT molecular complexity index is 4840. The maximum atomic E-state index is 6.04. The van der Waals surface area contributed by atoms with Gasteiger partial charge in [-0.05, 0) is 164 Å².